The molecular weight excluding hydrogens is 777 g/mol. The van der Waals surface area contributed by atoms with Gasteiger partial charge in [0.05, 0.1) is 23.9 Å². The summed E-state index contributed by atoms with van der Waals surface area (Å²) in [7, 11) is 1.51. The van der Waals surface area contributed by atoms with Crippen LogP contribution >= 0.6 is 11.3 Å². The topological polar surface area (TPSA) is 197 Å². The van der Waals surface area contributed by atoms with Crippen LogP contribution in [0.3, 0.4) is 0 Å². The molecule has 15 heteroatoms. The van der Waals surface area contributed by atoms with E-state index in [0.717, 1.165) is 33.6 Å². The van der Waals surface area contributed by atoms with Gasteiger partial charge in [-0.3, -0.25) is 29.0 Å². The second kappa shape index (κ2) is 19.4. The Morgan fingerprint density at radius 2 is 1.64 bits per heavy atom. The maximum absolute atomic E-state index is 14.6. The van der Waals surface area contributed by atoms with E-state index in [2.05, 4.69) is 15.6 Å². The molecule has 3 amide bonds. The number of aromatic amines is 1. The van der Waals surface area contributed by atoms with Gasteiger partial charge < -0.3 is 40.0 Å². The van der Waals surface area contributed by atoms with Gasteiger partial charge in [-0.2, -0.15) is 0 Å². The predicted octanol–water partition coefficient (Wildman–Crippen LogP) is 5.27. The number of amides is 3. The molecule has 1 aliphatic rings. The first-order valence-corrected chi connectivity index (χ1v) is 21.0. The Balaban J connectivity index is 1.55. The number of carbonyl (C=O) groups excluding carboxylic acids is 4. The van der Waals surface area contributed by atoms with E-state index >= 15 is 0 Å². The molecule has 0 spiro atoms. The molecular formula is C44H62N4O10S. The number of ketones is 1. The molecule has 2 heterocycles. The summed E-state index contributed by atoms with van der Waals surface area (Å²) in [5.74, 6) is -1.17. The van der Waals surface area contributed by atoms with Crippen molar-refractivity contribution in [3.8, 4) is 23.1 Å². The van der Waals surface area contributed by atoms with Gasteiger partial charge in [-0.25, -0.2) is 0 Å². The number of phenols is 1. The van der Waals surface area contributed by atoms with Crippen molar-refractivity contribution in [3.05, 3.63) is 66.6 Å². The Kier molecular flexibility index (Phi) is 15.4. The first kappa shape index (κ1) is 46.8. The monoisotopic (exact) mass is 838 g/mol. The van der Waals surface area contributed by atoms with E-state index in [1.807, 2.05) is 67.5 Å². The summed E-state index contributed by atoms with van der Waals surface area (Å²) in [6, 6.07) is 6.35. The number of rotatable bonds is 18. The van der Waals surface area contributed by atoms with Crippen molar-refractivity contribution >= 4 is 34.8 Å². The molecule has 0 bridgehead atoms. The van der Waals surface area contributed by atoms with Gasteiger partial charge in [0.1, 0.15) is 36.0 Å². The molecule has 59 heavy (non-hydrogen) atoms. The number of aromatic hydroxyl groups is 2. The fraction of sp³-hybridized carbons (Fsp3) is 0.568. The highest BCUT2D eigenvalue weighted by molar-refractivity contribution is 7.09. The standard InChI is InChI=1S/C44H62N4O10S/c1-24(2)22-32(38(51)46-37(40(53)45-11)43(7,8)9)36(28(6)49)57-21-19-48(18-20-56-30-14-12-29(13-15-30)23-33-39(52)47-42(55)59-33)41(54)44(10)17-16-31-27(5)34(50)25(3)26(4)35(31)58-44/h12-15,24,32,36-37,50,52H,16-23H2,1-11H3,(H,45,53)(H,46,51)(H,47,55)/t32?,36?,37-,44?/m1/s1. The Morgan fingerprint density at radius 3 is 2.20 bits per heavy atom. The molecule has 5 N–H and O–H groups in total. The van der Waals surface area contributed by atoms with E-state index < -0.39 is 35.0 Å². The summed E-state index contributed by atoms with van der Waals surface area (Å²) in [5, 5.41) is 26.2. The van der Waals surface area contributed by atoms with Crippen LogP contribution in [0.25, 0.3) is 0 Å². The van der Waals surface area contributed by atoms with E-state index in [-0.39, 0.29) is 66.3 Å². The first-order chi connectivity index (χ1) is 27.6. The third-order valence-corrected chi connectivity index (χ3v) is 11.9. The highest BCUT2D eigenvalue weighted by Crippen LogP contribution is 2.43. The highest BCUT2D eigenvalue weighted by atomic mass is 32.1. The van der Waals surface area contributed by atoms with Crippen molar-refractivity contribution in [1.29, 1.82) is 0 Å². The van der Waals surface area contributed by atoms with Gasteiger partial charge in [0.15, 0.2) is 11.4 Å². The molecule has 3 aromatic rings. The number of hydrogen-bond acceptors (Lipinski definition) is 11. The third-order valence-electron chi connectivity index (χ3n) is 11.0. The molecule has 2 aromatic carbocycles. The molecule has 0 aliphatic carbocycles. The van der Waals surface area contributed by atoms with E-state index in [1.54, 1.807) is 24.0 Å². The Labute approximate surface area is 351 Å². The number of fused-ring (bicyclic) bond motifs is 1. The van der Waals surface area contributed by atoms with Gasteiger partial charge in [0, 0.05) is 32.0 Å². The van der Waals surface area contributed by atoms with Gasteiger partial charge in [-0.05, 0) is 93.2 Å². The largest absolute Gasteiger partial charge is 0.507 e. The van der Waals surface area contributed by atoms with Crippen LogP contribution in [0.15, 0.2) is 29.1 Å². The number of carbonyl (C=O) groups is 4. The van der Waals surface area contributed by atoms with Crippen molar-refractivity contribution in [2.24, 2.45) is 17.3 Å². The van der Waals surface area contributed by atoms with Crippen LogP contribution in [-0.2, 0) is 36.8 Å². The Hall–Kier alpha value is -4.89. The minimum absolute atomic E-state index is 0.0181. The lowest BCUT2D eigenvalue weighted by atomic mass is 9.84. The minimum Gasteiger partial charge on any atom is -0.507 e. The number of ether oxygens (including phenoxy) is 3. The van der Waals surface area contributed by atoms with Crippen LogP contribution in [0, 0.1) is 38.0 Å². The normalized spacial score (nSPS) is 16.7. The molecule has 0 saturated heterocycles. The van der Waals surface area contributed by atoms with Crippen LogP contribution in [0.2, 0.25) is 0 Å². The smallest absolute Gasteiger partial charge is 0.307 e. The average molecular weight is 839 g/mol. The second-order valence-corrected chi connectivity index (χ2v) is 18.2. The van der Waals surface area contributed by atoms with Gasteiger partial charge in [-0.15, -0.1) is 0 Å². The number of benzene rings is 2. The zero-order chi connectivity index (χ0) is 44.0. The van der Waals surface area contributed by atoms with Crippen molar-refractivity contribution in [2.75, 3.05) is 33.4 Å². The lowest BCUT2D eigenvalue weighted by Crippen LogP contribution is -2.56. The van der Waals surface area contributed by atoms with Crippen molar-refractivity contribution in [3.63, 3.8) is 0 Å². The number of phenolic OH excluding ortho intramolecular Hbond substituents is 1. The lowest BCUT2D eigenvalue weighted by molar-refractivity contribution is -0.151. The van der Waals surface area contributed by atoms with Crippen LogP contribution in [0.5, 0.6) is 23.1 Å². The zero-order valence-corrected chi connectivity index (χ0v) is 37.1. The molecule has 0 saturated carbocycles. The van der Waals surface area contributed by atoms with Gasteiger partial charge in [0.2, 0.25) is 17.7 Å². The number of nitrogens with one attached hydrogen (secondary N) is 3. The maximum Gasteiger partial charge on any atom is 0.307 e. The van der Waals surface area contributed by atoms with E-state index in [0.29, 0.717) is 47.6 Å². The van der Waals surface area contributed by atoms with Crippen LogP contribution in [-0.4, -0.2) is 94.7 Å². The molecule has 4 rings (SSSR count). The molecule has 324 valence electrons. The number of hydrogen-bond donors (Lipinski definition) is 5. The Bertz CT molecular complexity index is 2050. The van der Waals surface area contributed by atoms with E-state index in [4.69, 9.17) is 14.2 Å². The molecule has 0 radical (unpaired) electrons. The fourth-order valence-corrected chi connectivity index (χ4v) is 8.19. The number of Topliss-reactive ketones (excluding diaryl/α,β-unsaturated/α-hetero) is 1. The van der Waals surface area contributed by atoms with E-state index in [9.17, 15) is 34.2 Å². The van der Waals surface area contributed by atoms with Gasteiger partial charge >= 0.3 is 4.87 Å². The summed E-state index contributed by atoms with van der Waals surface area (Å²) in [6.45, 7) is 18.3. The number of H-pyrrole nitrogens is 1. The van der Waals surface area contributed by atoms with E-state index in [1.165, 1.54) is 14.0 Å². The zero-order valence-electron chi connectivity index (χ0n) is 36.3. The molecule has 4 atom stereocenters. The summed E-state index contributed by atoms with van der Waals surface area (Å²) < 4.78 is 18.9. The molecule has 0 fully saturated rings. The summed E-state index contributed by atoms with van der Waals surface area (Å²) in [6.07, 6.45) is 0.399. The minimum atomic E-state index is -1.27. The second-order valence-electron chi connectivity index (χ2n) is 17.2. The Morgan fingerprint density at radius 1 is 1.00 bits per heavy atom. The highest BCUT2D eigenvalue weighted by Gasteiger charge is 2.44. The molecule has 1 aromatic heterocycles. The molecule has 14 nitrogen and oxygen atoms in total. The number of nitrogens with zero attached hydrogens (tertiary/aromatic N) is 1. The van der Waals surface area contributed by atoms with Crippen LogP contribution < -0.4 is 25.0 Å². The fourth-order valence-electron chi connectivity index (χ4n) is 7.43. The lowest BCUT2D eigenvalue weighted by Gasteiger charge is -2.40. The summed E-state index contributed by atoms with van der Waals surface area (Å²) >= 11 is 0.948. The van der Waals surface area contributed by atoms with Crippen LogP contribution in [0.4, 0.5) is 0 Å². The van der Waals surface area contributed by atoms with Crippen molar-refractivity contribution < 1.29 is 43.6 Å². The third kappa shape index (κ3) is 11.4. The maximum atomic E-state index is 14.6. The number of thiazole rings is 1. The first-order valence-electron chi connectivity index (χ1n) is 20.1. The summed E-state index contributed by atoms with van der Waals surface area (Å²) in [4.78, 5) is 70.3. The van der Waals surface area contributed by atoms with Crippen molar-refractivity contribution in [2.45, 2.75) is 113 Å². The quantitative estimate of drug-likeness (QED) is 0.113. The van der Waals surface area contributed by atoms with Gasteiger partial charge in [-0.1, -0.05) is 58.1 Å². The van der Waals surface area contributed by atoms with Crippen LogP contribution in [0.1, 0.15) is 94.0 Å². The van der Waals surface area contributed by atoms with Gasteiger partial charge in [0.25, 0.3) is 5.91 Å². The van der Waals surface area contributed by atoms with Crippen molar-refractivity contribution in [1.82, 2.24) is 20.5 Å². The average Bonchev–Trinajstić information content (AvgIpc) is 3.49. The SMILES string of the molecule is CNC(=O)[C@@H](NC(=O)C(CC(C)C)C(OCCN(CCOc1ccc(Cc2sc(=O)[nH]c2O)cc1)C(=O)C1(C)CCc2c(C)c(O)c(C)c(C)c2O1)C(C)=O)C(C)(C)C. The molecule has 3 unspecified atom stereocenters. The number of likely N-dealkylation sites (N-methyl/N-ethyl adjacent to an activating group) is 1. The number of aromatic nitrogens is 1. The predicted molar refractivity (Wildman–Crippen MR) is 226 cm³/mol. The molecule has 1 aliphatic heterocycles. The summed E-state index contributed by atoms with van der Waals surface area (Å²) in [5.41, 5.74) is 2.01.